The van der Waals surface area contributed by atoms with E-state index in [2.05, 4.69) is 5.32 Å². The molecule has 1 N–H and O–H groups in total. The molecule has 0 radical (unpaired) electrons. The lowest BCUT2D eigenvalue weighted by atomic mass is 9.97. The number of rotatable bonds is 1. The molecule has 5 heteroatoms. The van der Waals surface area contributed by atoms with Crippen LogP contribution in [0.2, 0.25) is 0 Å². The molecule has 0 aliphatic carbocycles. The van der Waals surface area contributed by atoms with Crippen LogP contribution in [0.1, 0.15) is 19.8 Å². The second-order valence-electron chi connectivity index (χ2n) is 5.38. The molecule has 0 saturated carbocycles. The summed E-state index contributed by atoms with van der Waals surface area (Å²) < 4.78 is 5.75. The van der Waals surface area contributed by atoms with Crippen LogP contribution < -0.4 is 15.0 Å². The van der Waals surface area contributed by atoms with Crippen LogP contribution >= 0.6 is 0 Å². The highest BCUT2D eigenvalue weighted by molar-refractivity contribution is 5.98. The third-order valence-corrected chi connectivity index (χ3v) is 3.80. The standard InChI is InChI=1S/C15H18N2O3/c1-10-9-17(12-4-2-3-5-13(12)20-10)15(19)11-6-7-14(18)16-8-11/h2-5,10-11H,6-9H2,1H3,(H,16,18). The van der Waals surface area contributed by atoms with E-state index < -0.39 is 0 Å². The van der Waals surface area contributed by atoms with Gasteiger partial charge in [-0.3, -0.25) is 9.59 Å². The number of hydrogen-bond donors (Lipinski definition) is 1. The van der Waals surface area contributed by atoms with Gasteiger partial charge in [-0.15, -0.1) is 0 Å². The Morgan fingerprint density at radius 2 is 2.20 bits per heavy atom. The molecular formula is C15H18N2O3. The van der Waals surface area contributed by atoms with Crippen LogP contribution in [0, 0.1) is 5.92 Å². The molecule has 2 unspecified atom stereocenters. The predicted molar refractivity (Wildman–Crippen MR) is 74.6 cm³/mol. The Kier molecular flexibility index (Phi) is 3.34. The first-order chi connectivity index (χ1) is 9.65. The van der Waals surface area contributed by atoms with Crippen LogP contribution in [0.3, 0.4) is 0 Å². The first-order valence-corrected chi connectivity index (χ1v) is 6.99. The van der Waals surface area contributed by atoms with Gasteiger partial charge in [-0.25, -0.2) is 0 Å². The molecule has 1 saturated heterocycles. The zero-order valence-electron chi connectivity index (χ0n) is 11.5. The number of benzene rings is 1. The number of ether oxygens (including phenoxy) is 1. The summed E-state index contributed by atoms with van der Waals surface area (Å²) in [5, 5.41) is 2.77. The highest BCUT2D eigenvalue weighted by Crippen LogP contribution is 2.34. The molecule has 20 heavy (non-hydrogen) atoms. The second-order valence-corrected chi connectivity index (χ2v) is 5.38. The number of nitrogens with one attached hydrogen (secondary N) is 1. The van der Waals surface area contributed by atoms with Crippen molar-refractivity contribution < 1.29 is 14.3 Å². The van der Waals surface area contributed by atoms with Gasteiger partial charge in [-0.2, -0.15) is 0 Å². The van der Waals surface area contributed by atoms with Crippen molar-refractivity contribution in [2.75, 3.05) is 18.0 Å². The Morgan fingerprint density at radius 3 is 2.95 bits per heavy atom. The van der Waals surface area contributed by atoms with Gasteiger partial charge in [-0.1, -0.05) is 12.1 Å². The summed E-state index contributed by atoms with van der Waals surface area (Å²) in [6.45, 7) is 2.95. The number of carbonyl (C=O) groups excluding carboxylic acids is 2. The molecule has 2 atom stereocenters. The Bertz CT molecular complexity index is 534. The van der Waals surface area contributed by atoms with Crippen molar-refractivity contribution in [3.05, 3.63) is 24.3 Å². The van der Waals surface area contributed by atoms with Crippen LogP contribution in [0.5, 0.6) is 5.75 Å². The van der Waals surface area contributed by atoms with E-state index in [0.717, 1.165) is 11.4 Å². The van der Waals surface area contributed by atoms with Crippen molar-refractivity contribution in [1.29, 1.82) is 0 Å². The Morgan fingerprint density at radius 1 is 1.40 bits per heavy atom. The van der Waals surface area contributed by atoms with E-state index in [1.165, 1.54) is 0 Å². The maximum absolute atomic E-state index is 12.7. The summed E-state index contributed by atoms with van der Waals surface area (Å²) in [6.07, 6.45) is 1.03. The van der Waals surface area contributed by atoms with Crippen LogP contribution in [0.15, 0.2) is 24.3 Å². The molecule has 2 aliphatic heterocycles. The van der Waals surface area contributed by atoms with Crippen LogP contribution in [-0.4, -0.2) is 31.0 Å². The normalized spacial score (nSPS) is 25.4. The number of piperidine rings is 1. The fraction of sp³-hybridized carbons (Fsp3) is 0.467. The maximum Gasteiger partial charge on any atom is 0.232 e. The molecule has 2 aliphatic rings. The number of amides is 2. The molecule has 2 heterocycles. The summed E-state index contributed by atoms with van der Waals surface area (Å²) >= 11 is 0. The fourth-order valence-corrected chi connectivity index (χ4v) is 2.76. The first kappa shape index (κ1) is 13.0. The van der Waals surface area contributed by atoms with E-state index in [4.69, 9.17) is 4.74 Å². The van der Waals surface area contributed by atoms with Crippen molar-refractivity contribution >= 4 is 17.5 Å². The largest absolute Gasteiger partial charge is 0.487 e. The van der Waals surface area contributed by atoms with E-state index in [1.54, 1.807) is 4.90 Å². The number of fused-ring (bicyclic) bond motifs is 1. The Hall–Kier alpha value is -2.04. The highest BCUT2D eigenvalue weighted by atomic mass is 16.5. The van der Waals surface area contributed by atoms with E-state index in [9.17, 15) is 9.59 Å². The SMILES string of the molecule is CC1CN(C(=O)C2CCC(=O)NC2)c2ccccc2O1. The van der Waals surface area contributed by atoms with Crippen molar-refractivity contribution in [3.8, 4) is 5.75 Å². The molecule has 106 valence electrons. The van der Waals surface area contributed by atoms with Gasteiger partial charge in [0.25, 0.3) is 0 Å². The van der Waals surface area contributed by atoms with E-state index in [0.29, 0.717) is 25.9 Å². The number of anilines is 1. The lowest BCUT2D eigenvalue weighted by Crippen LogP contribution is -2.49. The topological polar surface area (TPSA) is 58.6 Å². The van der Waals surface area contributed by atoms with Crippen molar-refractivity contribution in [1.82, 2.24) is 5.32 Å². The van der Waals surface area contributed by atoms with Crippen molar-refractivity contribution in [3.63, 3.8) is 0 Å². The lowest BCUT2D eigenvalue weighted by Gasteiger charge is -2.36. The van der Waals surface area contributed by atoms with Crippen molar-refractivity contribution in [2.24, 2.45) is 5.92 Å². The van der Waals surface area contributed by atoms with Gasteiger partial charge in [0.1, 0.15) is 11.9 Å². The molecule has 0 aromatic heterocycles. The lowest BCUT2D eigenvalue weighted by molar-refractivity contribution is -0.127. The first-order valence-electron chi connectivity index (χ1n) is 6.99. The van der Waals surface area contributed by atoms with E-state index in [1.807, 2.05) is 31.2 Å². The average Bonchev–Trinajstić information content (AvgIpc) is 2.46. The molecule has 1 aromatic rings. The van der Waals surface area contributed by atoms with Gasteiger partial charge < -0.3 is 15.0 Å². The smallest absolute Gasteiger partial charge is 0.232 e. The molecule has 2 amide bonds. The van der Waals surface area contributed by atoms with Gasteiger partial charge >= 0.3 is 0 Å². The van der Waals surface area contributed by atoms with Gasteiger partial charge in [0, 0.05) is 13.0 Å². The van der Waals surface area contributed by atoms with Gasteiger partial charge in [-0.05, 0) is 25.5 Å². The van der Waals surface area contributed by atoms with Crippen LogP contribution in [0.25, 0.3) is 0 Å². The average molecular weight is 274 g/mol. The van der Waals surface area contributed by atoms with Crippen molar-refractivity contribution in [2.45, 2.75) is 25.9 Å². The third kappa shape index (κ3) is 2.35. The fourth-order valence-electron chi connectivity index (χ4n) is 2.76. The van der Waals surface area contributed by atoms with Gasteiger partial charge in [0.05, 0.1) is 18.2 Å². The summed E-state index contributed by atoms with van der Waals surface area (Å²) in [4.78, 5) is 25.7. The minimum atomic E-state index is -0.133. The van der Waals surface area contributed by atoms with Gasteiger partial charge in [0.15, 0.2) is 0 Å². The molecule has 1 fully saturated rings. The van der Waals surface area contributed by atoms with E-state index in [-0.39, 0.29) is 23.8 Å². The monoisotopic (exact) mass is 274 g/mol. The zero-order valence-corrected chi connectivity index (χ0v) is 11.5. The maximum atomic E-state index is 12.7. The van der Waals surface area contributed by atoms with Crippen LogP contribution in [-0.2, 0) is 9.59 Å². The van der Waals surface area contributed by atoms with Gasteiger partial charge in [0.2, 0.25) is 11.8 Å². The zero-order chi connectivity index (χ0) is 14.1. The minimum absolute atomic E-state index is 0.0213. The second kappa shape index (κ2) is 5.15. The molecule has 0 bridgehead atoms. The summed E-state index contributed by atoms with van der Waals surface area (Å²) in [6, 6.07) is 7.59. The summed E-state index contributed by atoms with van der Waals surface area (Å²) in [5.74, 6) is 0.725. The third-order valence-electron chi connectivity index (χ3n) is 3.80. The number of nitrogens with zero attached hydrogens (tertiary/aromatic N) is 1. The summed E-state index contributed by atoms with van der Waals surface area (Å²) in [5.41, 5.74) is 0.826. The predicted octanol–water partition coefficient (Wildman–Crippen LogP) is 1.33. The quantitative estimate of drug-likeness (QED) is 0.840. The van der Waals surface area contributed by atoms with Crippen LogP contribution in [0.4, 0.5) is 5.69 Å². The highest BCUT2D eigenvalue weighted by Gasteiger charge is 2.33. The Labute approximate surface area is 117 Å². The number of hydrogen-bond acceptors (Lipinski definition) is 3. The molecule has 1 aromatic carbocycles. The molecular weight excluding hydrogens is 256 g/mol. The molecule has 5 nitrogen and oxygen atoms in total. The minimum Gasteiger partial charge on any atom is -0.487 e. The Balaban J connectivity index is 1.83. The molecule has 0 spiro atoms. The number of carbonyl (C=O) groups is 2. The molecule has 3 rings (SSSR count). The summed E-state index contributed by atoms with van der Waals surface area (Å²) in [7, 11) is 0. The van der Waals surface area contributed by atoms with E-state index >= 15 is 0 Å². The number of para-hydroxylation sites is 2.